The van der Waals surface area contributed by atoms with Gasteiger partial charge in [0.1, 0.15) is 17.5 Å². The van der Waals surface area contributed by atoms with Crippen LogP contribution in [0.2, 0.25) is 0 Å². The third-order valence-corrected chi connectivity index (χ3v) is 2.44. The predicted molar refractivity (Wildman–Crippen MR) is 66.2 cm³/mol. The van der Waals surface area contributed by atoms with Gasteiger partial charge in [-0.2, -0.15) is 0 Å². The minimum absolute atomic E-state index is 0.146. The van der Waals surface area contributed by atoms with E-state index in [0.717, 1.165) is 13.0 Å². The molecule has 0 spiro atoms. The van der Waals surface area contributed by atoms with E-state index >= 15 is 0 Å². The Bertz CT molecular complexity index is 506. The lowest BCUT2D eigenvalue weighted by Crippen LogP contribution is -2.03. The van der Waals surface area contributed by atoms with Crippen LogP contribution in [0.25, 0.3) is 11.3 Å². The number of aromatic nitrogens is 2. The van der Waals surface area contributed by atoms with E-state index in [0.29, 0.717) is 5.82 Å². The summed E-state index contributed by atoms with van der Waals surface area (Å²) in [6, 6.07) is 6.92. The second kappa shape index (κ2) is 5.53. The van der Waals surface area contributed by atoms with Gasteiger partial charge in [-0.15, -0.1) is 10.2 Å². The Kier molecular flexibility index (Phi) is 3.82. The average Bonchev–Trinajstić information content (AvgIpc) is 2.37. The van der Waals surface area contributed by atoms with Gasteiger partial charge in [-0.25, -0.2) is 8.78 Å². The fourth-order valence-electron chi connectivity index (χ4n) is 1.56. The third kappa shape index (κ3) is 2.61. The van der Waals surface area contributed by atoms with Crippen molar-refractivity contribution < 1.29 is 8.78 Å². The van der Waals surface area contributed by atoms with Gasteiger partial charge in [0.15, 0.2) is 0 Å². The summed E-state index contributed by atoms with van der Waals surface area (Å²) in [5.41, 5.74) is 0.0414. The first-order valence-electron chi connectivity index (χ1n) is 5.74. The molecule has 0 radical (unpaired) electrons. The number of anilines is 1. The molecule has 3 nitrogen and oxygen atoms in total. The van der Waals surface area contributed by atoms with Gasteiger partial charge in [0.2, 0.25) is 0 Å². The highest BCUT2D eigenvalue weighted by molar-refractivity contribution is 5.61. The fourth-order valence-corrected chi connectivity index (χ4v) is 1.56. The summed E-state index contributed by atoms with van der Waals surface area (Å²) in [5, 5.41) is 10.8. The second-order valence-corrected chi connectivity index (χ2v) is 3.83. The Morgan fingerprint density at radius 3 is 2.33 bits per heavy atom. The molecule has 0 bridgehead atoms. The highest BCUT2D eigenvalue weighted by atomic mass is 19.1. The number of nitrogens with zero attached hydrogens (tertiary/aromatic N) is 2. The lowest BCUT2D eigenvalue weighted by molar-refractivity contribution is 0.588. The summed E-state index contributed by atoms with van der Waals surface area (Å²) < 4.78 is 27.0. The summed E-state index contributed by atoms with van der Waals surface area (Å²) in [6.45, 7) is 2.81. The zero-order chi connectivity index (χ0) is 13.0. The molecule has 0 aliphatic carbocycles. The van der Waals surface area contributed by atoms with Gasteiger partial charge in [0.05, 0.1) is 11.3 Å². The van der Waals surface area contributed by atoms with Gasteiger partial charge < -0.3 is 5.32 Å². The number of hydrogen-bond acceptors (Lipinski definition) is 3. The van der Waals surface area contributed by atoms with E-state index in [2.05, 4.69) is 15.5 Å². The van der Waals surface area contributed by atoms with Crippen molar-refractivity contribution in [2.45, 2.75) is 13.3 Å². The second-order valence-electron chi connectivity index (χ2n) is 3.83. The topological polar surface area (TPSA) is 37.8 Å². The lowest BCUT2D eigenvalue weighted by Gasteiger charge is -2.05. The predicted octanol–water partition coefficient (Wildman–Crippen LogP) is 3.24. The first-order valence-corrected chi connectivity index (χ1v) is 5.74. The Hall–Kier alpha value is -2.04. The lowest BCUT2D eigenvalue weighted by atomic mass is 10.1. The summed E-state index contributed by atoms with van der Waals surface area (Å²) in [7, 11) is 0. The van der Waals surface area contributed by atoms with Gasteiger partial charge in [0, 0.05) is 6.54 Å². The Labute approximate surface area is 104 Å². The molecule has 0 aliphatic heterocycles. The fraction of sp³-hybridized carbons (Fsp3) is 0.231. The molecule has 2 aromatic rings. The molecule has 18 heavy (non-hydrogen) atoms. The standard InChI is InChI=1S/C13H13F2N3/c1-2-8-16-12-7-6-11(17-18-12)13-9(14)4-3-5-10(13)15/h3-7H,2,8H2,1H3,(H,16,18). The maximum Gasteiger partial charge on any atom is 0.148 e. The van der Waals surface area contributed by atoms with Crippen molar-refractivity contribution in [1.82, 2.24) is 10.2 Å². The highest BCUT2D eigenvalue weighted by Crippen LogP contribution is 2.23. The minimum Gasteiger partial charge on any atom is -0.369 e. The van der Waals surface area contributed by atoms with Gasteiger partial charge in [-0.05, 0) is 30.7 Å². The van der Waals surface area contributed by atoms with Crippen LogP contribution < -0.4 is 5.32 Å². The van der Waals surface area contributed by atoms with Crippen LogP contribution >= 0.6 is 0 Å². The molecule has 1 N–H and O–H groups in total. The molecule has 0 aliphatic rings. The van der Waals surface area contributed by atoms with E-state index in [1.165, 1.54) is 18.2 Å². The van der Waals surface area contributed by atoms with Gasteiger partial charge in [-0.3, -0.25) is 0 Å². The van der Waals surface area contributed by atoms with E-state index in [4.69, 9.17) is 0 Å². The zero-order valence-corrected chi connectivity index (χ0v) is 9.95. The molecule has 0 saturated heterocycles. The maximum atomic E-state index is 13.5. The van der Waals surface area contributed by atoms with Crippen molar-refractivity contribution in [2.75, 3.05) is 11.9 Å². The molecule has 1 aromatic carbocycles. The quantitative estimate of drug-likeness (QED) is 0.903. The Balaban J connectivity index is 2.29. The molecule has 0 unspecified atom stereocenters. The average molecular weight is 249 g/mol. The van der Waals surface area contributed by atoms with E-state index in [-0.39, 0.29) is 11.3 Å². The summed E-state index contributed by atoms with van der Waals surface area (Å²) >= 11 is 0. The Morgan fingerprint density at radius 1 is 1.06 bits per heavy atom. The van der Waals surface area contributed by atoms with Gasteiger partial charge in [0.25, 0.3) is 0 Å². The number of rotatable bonds is 4. The molecule has 0 saturated carbocycles. The molecule has 94 valence electrons. The molecular formula is C13H13F2N3. The molecule has 1 heterocycles. The van der Waals surface area contributed by atoms with Crippen molar-refractivity contribution >= 4 is 5.82 Å². The van der Waals surface area contributed by atoms with Crippen LogP contribution in [0.3, 0.4) is 0 Å². The molecular weight excluding hydrogens is 236 g/mol. The molecule has 1 aromatic heterocycles. The molecule has 2 rings (SSSR count). The highest BCUT2D eigenvalue weighted by Gasteiger charge is 2.12. The van der Waals surface area contributed by atoms with Crippen LogP contribution in [0.5, 0.6) is 0 Å². The van der Waals surface area contributed by atoms with Crippen molar-refractivity contribution in [2.24, 2.45) is 0 Å². The van der Waals surface area contributed by atoms with Gasteiger partial charge in [-0.1, -0.05) is 13.0 Å². The van der Waals surface area contributed by atoms with Crippen molar-refractivity contribution in [3.63, 3.8) is 0 Å². The summed E-state index contributed by atoms with van der Waals surface area (Å²) in [4.78, 5) is 0. The van der Waals surface area contributed by atoms with Crippen LogP contribution in [0.15, 0.2) is 30.3 Å². The zero-order valence-electron chi connectivity index (χ0n) is 9.95. The number of halogens is 2. The molecule has 0 fully saturated rings. The third-order valence-electron chi connectivity index (χ3n) is 2.44. The first-order chi connectivity index (χ1) is 8.72. The molecule has 0 atom stereocenters. The van der Waals surface area contributed by atoms with E-state index in [1.54, 1.807) is 12.1 Å². The van der Waals surface area contributed by atoms with Crippen molar-refractivity contribution in [3.8, 4) is 11.3 Å². The normalized spacial score (nSPS) is 10.4. The monoisotopic (exact) mass is 249 g/mol. The summed E-state index contributed by atoms with van der Waals surface area (Å²) in [5.74, 6) is -0.686. The SMILES string of the molecule is CCCNc1ccc(-c2c(F)cccc2F)nn1. The number of benzene rings is 1. The van der Waals surface area contributed by atoms with Crippen molar-refractivity contribution in [1.29, 1.82) is 0 Å². The van der Waals surface area contributed by atoms with E-state index in [1.807, 2.05) is 6.92 Å². The van der Waals surface area contributed by atoms with Gasteiger partial charge >= 0.3 is 0 Å². The van der Waals surface area contributed by atoms with E-state index < -0.39 is 11.6 Å². The number of nitrogens with one attached hydrogen (secondary N) is 1. The minimum atomic E-state index is -0.640. The van der Waals surface area contributed by atoms with Crippen molar-refractivity contribution in [3.05, 3.63) is 42.0 Å². The first kappa shape index (κ1) is 12.4. The molecule has 0 amide bonds. The van der Waals surface area contributed by atoms with Crippen LogP contribution in [-0.2, 0) is 0 Å². The smallest absolute Gasteiger partial charge is 0.148 e. The van der Waals surface area contributed by atoms with Crippen LogP contribution in [-0.4, -0.2) is 16.7 Å². The Morgan fingerprint density at radius 2 is 1.78 bits per heavy atom. The maximum absolute atomic E-state index is 13.5. The van der Waals surface area contributed by atoms with E-state index in [9.17, 15) is 8.78 Å². The van der Waals surface area contributed by atoms with Crippen LogP contribution in [0.1, 0.15) is 13.3 Å². The van der Waals surface area contributed by atoms with Crippen LogP contribution in [0, 0.1) is 11.6 Å². The number of hydrogen-bond donors (Lipinski definition) is 1. The largest absolute Gasteiger partial charge is 0.369 e. The summed E-state index contributed by atoms with van der Waals surface area (Å²) in [6.07, 6.45) is 0.964. The molecule has 5 heteroatoms. The van der Waals surface area contributed by atoms with Crippen LogP contribution in [0.4, 0.5) is 14.6 Å².